The van der Waals surface area contributed by atoms with Gasteiger partial charge in [-0.15, -0.1) is 0 Å². The molecule has 0 fully saturated rings. The minimum atomic E-state index is -0.138. The predicted molar refractivity (Wildman–Crippen MR) is 104 cm³/mol. The van der Waals surface area contributed by atoms with Crippen molar-refractivity contribution in [3.05, 3.63) is 67.0 Å². The largest absolute Gasteiger partial charge is 0.455 e. The maximum Gasteiger partial charge on any atom is 0.321 e. The molecule has 3 aromatic rings. The third-order valence-electron chi connectivity index (χ3n) is 4.10. The summed E-state index contributed by atoms with van der Waals surface area (Å²) in [6, 6.07) is 9.10. The maximum atomic E-state index is 12.3. The van der Waals surface area contributed by atoms with E-state index in [9.17, 15) is 4.79 Å². The molecule has 0 unspecified atom stereocenters. The first-order valence-corrected chi connectivity index (χ1v) is 8.78. The molecule has 0 aliphatic heterocycles. The van der Waals surface area contributed by atoms with Crippen LogP contribution < -0.4 is 10.1 Å². The van der Waals surface area contributed by atoms with Crippen molar-refractivity contribution in [1.29, 1.82) is 0 Å². The number of hydrogen-bond donors (Lipinski definition) is 1. The molecule has 0 bridgehead atoms. The second kappa shape index (κ2) is 8.84. The second-order valence-corrected chi connectivity index (χ2v) is 6.28. The van der Waals surface area contributed by atoms with Crippen LogP contribution in [0.1, 0.15) is 12.0 Å². The van der Waals surface area contributed by atoms with E-state index in [1.807, 2.05) is 48.0 Å². The summed E-state index contributed by atoms with van der Waals surface area (Å²) >= 11 is 0. The van der Waals surface area contributed by atoms with Gasteiger partial charge in [0.2, 0.25) is 0 Å². The summed E-state index contributed by atoms with van der Waals surface area (Å²) in [7, 11) is 1.79. The lowest BCUT2D eigenvalue weighted by Crippen LogP contribution is -2.32. The Hall–Kier alpha value is -3.35. The highest BCUT2D eigenvalue weighted by Crippen LogP contribution is 2.26. The average Bonchev–Trinajstić information content (AvgIpc) is 3.18. The fourth-order valence-corrected chi connectivity index (χ4v) is 2.61. The number of ether oxygens (including phenoxy) is 1. The number of aryl methyl sites for hydroxylation is 2. The number of carbonyl (C=O) groups is 1. The molecule has 2 aromatic heterocycles. The Balaban J connectivity index is 1.52. The summed E-state index contributed by atoms with van der Waals surface area (Å²) < 4.78 is 7.81. The number of rotatable bonds is 7. The van der Waals surface area contributed by atoms with E-state index in [0.717, 1.165) is 30.0 Å². The minimum Gasteiger partial charge on any atom is -0.455 e. The molecule has 1 aromatic carbocycles. The summed E-state index contributed by atoms with van der Waals surface area (Å²) in [5.41, 5.74) is 1.66. The highest BCUT2D eigenvalue weighted by molar-refractivity contribution is 5.89. The predicted octanol–water partition coefficient (Wildman–Crippen LogP) is 3.93. The van der Waals surface area contributed by atoms with Crippen molar-refractivity contribution in [3.8, 4) is 11.5 Å². The number of hydrogen-bond acceptors (Lipinski definition) is 4. The van der Waals surface area contributed by atoms with Crippen LogP contribution in [0.3, 0.4) is 0 Å². The quantitative estimate of drug-likeness (QED) is 0.688. The molecule has 140 valence electrons. The van der Waals surface area contributed by atoms with E-state index in [2.05, 4.69) is 15.3 Å². The van der Waals surface area contributed by atoms with Crippen molar-refractivity contribution in [2.45, 2.75) is 19.9 Å². The van der Waals surface area contributed by atoms with Crippen LogP contribution in [0, 0.1) is 6.92 Å². The fourth-order valence-electron chi connectivity index (χ4n) is 2.61. The number of pyridine rings is 1. The zero-order valence-corrected chi connectivity index (χ0v) is 15.5. The molecule has 3 rings (SSSR count). The molecule has 7 nitrogen and oxygen atoms in total. The van der Waals surface area contributed by atoms with Crippen LogP contribution in [0.15, 0.2) is 61.4 Å². The third-order valence-corrected chi connectivity index (χ3v) is 4.10. The van der Waals surface area contributed by atoms with Gasteiger partial charge in [0.05, 0.1) is 12.5 Å². The van der Waals surface area contributed by atoms with E-state index < -0.39 is 0 Å². The first-order chi connectivity index (χ1) is 13.1. The molecule has 0 radical (unpaired) electrons. The third kappa shape index (κ3) is 5.31. The molecule has 2 amide bonds. The van der Waals surface area contributed by atoms with Gasteiger partial charge in [-0.25, -0.2) is 9.78 Å². The zero-order valence-electron chi connectivity index (χ0n) is 15.5. The van der Waals surface area contributed by atoms with Gasteiger partial charge in [-0.1, -0.05) is 0 Å². The SMILES string of the molecule is Cc1cc(NC(=O)N(C)CCCn2ccnc2)ccc1Oc1cccnc1. The molecule has 0 saturated heterocycles. The van der Waals surface area contributed by atoms with Gasteiger partial charge in [-0.2, -0.15) is 0 Å². The van der Waals surface area contributed by atoms with Gasteiger partial charge in [0.1, 0.15) is 11.5 Å². The normalized spacial score (nSPS) is 10.4. The first kappa shape index (κ1) is 18.4. The first-order valence-electron chi connectivity index (χ1n) is 8.78. The van der Waals surface area contributed by atoms with Gasteiger partial charge in [-0.3, -0.25) is 4.98 Å². The zero-order chi connectivity index (χ0) is 19.1. The average molecular weight is 365 g/mol. The van der Waals surface area contributed by atoms with Crippen LogP contribution in [-0.2, 0) is 6.54 Å². The topological polar surface area (TPSA) is 72.3 Å². The Morgan fingerprint density at radius 1 is 1.26 bits per heavy atom. The molecule has 0 saturated carbocycles. The van der Waals surface area contributed by atoms with Crippen LogP contribution in [-0.4, -0.2) is 39.1 Å². The second-order valence-electron chi connectivity index (χ2n) is 6.28. The highest BCUT2D eigenvalue weighted by atomic mass is 16.5. The van der Waals surface area contributed by atoms with Crippen molar-refractivity contribution < 1.29 is 9.53 Å². The van der Waals surface area contributed by atoms with Crippen LogP contribution in [0.5, 0.6) is 11.5 Å². The number of benzene rings is 1. The summed E-state index contributed by atoms with van der Waals surface area (Å²) in [6.07, 6.45) is 9.66. The molecule has 27 heavy (non-hydrogen) atoms. The number of nitrogens with one attached hydrogen (secondary N) is 1. The van der Waals surface area contributed by atoms with Crippen molar-refractivity contribution in [1.82, 2.24) is 19.4 Å². The van der Waals surface area contributed by atoms with Gasteiger partial charge < -0.3 is 19.5 Å². The number of aromatic nitrogens is 3. The molecular weight excluding hydrogens is 342 g/mol. The van der Waals surface area contributed by atoms with E-state index in [0.29, 0.717) is 12.3 Å². The van der Waals surface area contributed by atoms with Crippen molar-refractivity contribution in [2.24, 2.45) is 0 Å². The maximum absolute atomic E-state index is 12.3. The molecule has 0 spiro atoms. The summed E-state index contributed by atoms with van der Waals surface area (Å²) in [5.74, 6) is 1.41. The Kier molecular flexibility index (Phi) is 6.04. The smallest absolute Gasteiger partial charge is 0.321 e. The van der Waals surface area contributed by atoms with E-state index in [1.54, 1.807) is 36.9 Å². The molecule has 7 heteroatoms. The Morgan fingerprint density at radius 2 is 2.15 bits per heavy atom. The van der Waals surface area contributed by atoms with E-state index in [4.69, 9.17) is 4.74 Å². The van der Waals surface area contributed by atoms with Crippen molar-refractivity contribution in [2.75, 3.05) is 18.9 Å². The van der Waals surface area contributed by atoms with Crippen molar-refractivity contribution in [3.63, 3.8) is 0 Å². The standard InChI is InChI=1S/C20H23N5O2/c1-16-13-17(6-7-19(16)27-18-5-3-8-21-14-18)23-20(26)24(2)10-4-11-25-12-9-22-15-25/h3,5-9,12-15H,4,10-11H2,1-2H3,(H,23,26). The van der Waals surface area contributed by atoms with Gasteiger partial charge in [0.25, 0.3) is 0 Å². The summed E-state index contributed by atoms with van der Waals surface area (Å²) in [4.78, 5) is 22.1. The number of carbonyl (C=O) groups excluding carboxylic acids is 1. The number of nitrogens with zero attached hydrogens (tertiary/aromatic N) is 4. The van der Waals surface area contributed by atoms with Crippen LogP contribution >= 0.6 is 0 Å². The molecular formula is C20H23N5O2. The minimum absolute atomic E-state index is 0.138. The molecule has 0 aliphatic carbocycles. The van der Waals surface area contributed by atoms with Crippen LogP contribution in [0.4, 0.5) is 10.5 Å². The number of anilines is 1. The van der Waals surface area contributed by atoms with E-state index in [-0.39, 0.29) is 6.03 Å². The monoisotopic (exact) mass is 365 g/mol. The fraction of sp³-hybridized carbons (Fsp3) is 0.250. The van der Waals surface area contributed by atoms with E-state index >= 15 is 0 Å². The molecule has 2 heterocycles. The number of amides is 2. The Labute approximate surface area is 158 Å². The van der Waals surface area contributed by atoms with Crippen LogP contribution in [0.25, 0.3) is 0 Å². The Bertz CT molecular complexity index is 865. The van der Waals surface area contributed by atoms with Crippen molar-refractivity contribution >= 4 is 11.7 Å². The van der Waals surface area contributed by atoms with Gasteiger partial charge in [0, 0.05) is 44.4 Å². The van der Waals surface area contributed by atoms with E-state index in [1.165, 1.54) is 0 Å². The lowest BCUT2D eigenvalue weighted by molar-refractivity contribution is 0.221. The molecule has 0 aliphatic rings. The highest BCUT2D eigenvalue weighted by Gasteiger charge is 2.10. The molecule has 0 atom stereocenters. The lowest BCUT2D eigenvalue weighted by Gasteiger charge is -2.18. The van der Waals surface area contributed by atoms with Gasteiger partial charge >= 0.3 is 6.03 Å². The lowest BCUT2D eigenvalue weighted by atomic mass is 10.2. The summed E-state index contributed by atoms with van der Waals surface area (Å²) in [5, 5.41) is 2.92. The van der Waals surface area contributed by atoms with Gasteiger partial charge in [0.15, 0.2) is 0 Å². The van der Waals surface area contributed by atoms with Gasteiger partial charge in [-0.05, 0) is 49.2 Å². The van der Waals surface area contributed by atoms with Crippen LogP contribution in [0.2, 0.25) is 0 Å². The number of imidazole rings is 1. The summed E-state index contributed by atoms with van der Waals surface area (Å²) in [6.45, 7) is 3.43. The molecule has 1 N–H and O–H groups in total. The Morgan fingerprint density at radius 3 is 2.85 bits per heavy atom. The number of urea groups is 1.